The second-order valence-corrected chi connectivity index (χ2v) is 17.9. The fraction of sp³-hybridized carbons (Fsp3) is 0.0441. The topological polar surface area (TPSA) is 90.2 Å². The number of hydrogen-bond donors (Lipinski definition) is 0. The normalized spacial score (nSPS) is 10.6. The molecule has 0 radical (unpaired) electrons. The van der Waals surface area contributed by atoms with E-state index in [9.17, 15) is 0 Å². The van der Waals surface area contributed by atoms with Gasteiger partial charge in [-0.1, -0.05) is 249 Å². The molecule has 12 aromatic rings. The summed E-state index contributed by atoms with van der Waals surface area (Å²) in [5.74, 6) is 3.65. The third-order valence-corrected chi connectivity index (χ3v) is 12.4. The molecule has 0 atom stereocenters. The largest absolute Gasteiger partial charge is 0.233 e. The van der Waals surface area contributed by atoms with Gasteiger partial charge in [0.15, 0.2) is 23.3 Å². The van der Waals surface area contributed by atoms with E-state index in [0.29, 0.717) is 11.6 Å². The number of aromatic nitrogens is 7. The molecule has 360 valence electrons. The van der Waals surface area contributed by atoms with Gasteiger partial charge in [0, 0.05) is 44.8 Å². The van der Waals surface area contributed by atoms with E-state index < -0.39 is 0 Å². The first-order chi connectivity index (χ1) is 36.9. The molecule has 0 spiro atoms. The maximum absolute atomic E-state index is 4.80. The monoisotopic (exact) mass is 967 g/mol. The molecule has 75 heavy (non-hydrogen) atoms. The van der Waals surface area contributed by atoms with Gasteiger partial charge in [-0.15, -0.1) is 0 Å². The van der Waals surface area contributed by atoms with E-state index in [4.69, 9.17) is 9.97 Å². The van der Waals surface area contributed by atoms with Crippen molar-refractivity contribution < 1.29 is 0 Å². The highest BCUT2D eigenvalue weighted by Gasteiger charge is 2.12. The summed E-state index contributed by atoms with van der Waals surface area (Å²) in [6.07, 6.45) is 0. The smallest absolute Gasteiger partial charge is 0.163 e. The summed E-state index contributed by atoms with van der Waals surface area (Å²) in [6.45, 7) is 5.92. The van der Waals surface area contributed by atoms with Gasteiger partial charge in [-0.3, -0.25) is 0 Å². The number of benzene rings is 9. The zero-order chi connectivity index (χ0) is 51.2. The molecule has 3 aromatic heterocycles. The molecule has 7 nitrogen and oxygen atoms in total. The van der Waals surface area contributed by atoms with Crippen molar-refractivity contribution in [3.8, 4) is 101 Å². The van der Waals surface area contributed by atoms with Gasteiger partial charge in [-0.25, -0.2) is 34.9 Å². The average molecular weight is 968 g/mol. The first kappa shape index (κ1) is 48.8. The lowest BCUT2D eigenvalue weighted by Crippen LogP contribution is -1.99. The second kappa shape index (κ2) is 23.6. The molecule has 9 aromatic carbocycles. The minimum atomic E-state index is 0.700. The number of aryl methyl sites for hydroxylation is 3. The van der Waals surface area contributed by atoms with Gasteiger partial charge in [0.05, 0.1) is 11.4 Å². The molecular weight excluding hydrogens is 915 g/mol. The zero-order valence-corrected chi connectivity index (χ0v) is 42.0. The fourth-order valence-corrected chi connectivity index (χ4v) is 8.59. The molecule has 0 aliphatic carbocycles. The number of hydrogen-bond acceptors (Lipinski definition) is 7. The first-order valence-corrected chi connectivity index (χ1v) is 25.0. The van der Waals surface area contributed by atoms with Crippen LogP contribution in [0.4, 0.5) is 0 Å². The summed E-state index contributed by atoms with van der Waals surface area (Å²) in [5, 5.41) is 0. The van der Waals surface area contributed by atoms with E-state index in [2.05, 4.69) is 171 Å². The van der Waals surface area contributed by atoms with Gasteiger partial charge in [0.2, 0.25) is 0 Å². The molecule has 0 unspecified atom stereocenters. The Morgan fingerprint density at radius 1 is 0.187 bits per heavy atom. The molecule has 0 fully saturated rings. The standard InChI is InChI=1S/2C23H18N2.C22H17N3/c1-17-15-22(25-23(24-17)19-11-6-3-7-12-19)21-14-8-13-20(16-21)18-9-4-2-5-10-18;1-17-16-22(20-10-6-3-7-11-20)25-23(24-17)21-14-12-19(13-15-21)18-8-4-2-5-9-18;1-16-23-21(19-10-6-3-7-11-19)25-22(24-16)20-14-12-18(13-15-20)17-8-4-2-5-9-17/h2*2-16H,1H3;2-15H,1H3. The van der Waals surface area contributed by atoms with Gasteiger partial charge in [-0.2, -0.15) is 0 Å². The van der Waals surface area contributed by atoms with Crippen LogP contribution in [0, 0.1) is 20.8 Å². The van der Waals surface area contributed by atoms with Crippen LogP contribution in [0.2, 0.25) is 0 Å². The molecule has 3 heterocycles. The average Bonchev–Trinajstić information content (AvgIpc) is 3.48. The third-order valence-electron chi connectivity index (χ3n) is 12.4. The van der Waals surface area contributed by atoms with Gasteiger partial charge in [0.1, 0.15) is 5.82 Å². The molecule has 7 heteroatoms. The van der Waals surface area contributed by atoms with E-state index in [-0.39, 0.29) is 0 Å². The highest BCUT2D eigenvalue weighted by atomic mass is 15.0. The highest BCUT2D eigenvalue weighted by Crippen LogP contribution is 2.29. The lowest BCUT2D eigenvalue weighted by molar-refractivity contribution is 0.992. The van der Waals surface area contributed by atoms with E-state index in [1.165, 1.54) is 33.4 Å². The van der Waals surface area contributed by atoms with Crippen LogP contribution in [0.25, 0.3) is 101 Å². The Balaban J connectivity index is 0.000000128. The predicted molar refractivity (Wildman–Crippen MR) is 307 cm³/mol. The van der Waals surface area contributed by atoms with Crippen molar-refractivity contribution in [3.63, 3.8) is 0 Å². The van der Waals surface area contributed by atoms with E-state index in [0.717, 1.165) is 73.6 Å². The van der Waals surface area contributed by atoms with Crippen LogP contribution in [0.1, 0.15) is 17.2 Å². The van der Waals surface area contributed by atoms with Crippen LogP contribution in [0.15, 0.2) is 267 Å². The third kappa shape index (κ3) is 12.6. The molecule has 0 aliphatic heterocycles. The quantitative estimate of drug-likeness (QED) is 0.142. The van der Waals surface area contributed by atoms with Crippen LogP contribution < -0.4 is 0 Å². The van der Waals surface area contributed by atoms with Gasteiger partial charge in [-0.05, 0) is 72.4 Å². The van der Waals surface area contributed by atoms with Crippen molar-refractivity contribution in [2.45, 2.75) is 20.8 Å². The van der Waals surface area contributed by atoms with Crippen molar-refractivity contribution in [1.82, 2.24) is 34.9 Å². The van der Waals surface area contributed by atoms with Crippen molar-refractivity contribution in [2.24, 2.45) is 0 Å². The summed E-state index contributed by atoms with van der Waals surface area (Å²) in [5.41, 5.74) is 17.3. The maximum atomic E-state index is 4.80. The van der Waals surface area contributed by atoms with Crippen molar-refractivity contribution in [3.05, 3.63) is 284 Å². The second-order valence-electron chi connectivity index (χ2n) is 17.9. The zero-order valence-electron chi connectivity index (χ0n) is 42.0. The minimum absolute atomic E-state index is 0.700. The SMILES string of the molecule is Cc1cc(-c2cccc(-c3ccccc3)c2)nc(-c2ccccc2)n1.Cc1cc(-c2ccccc2)nc(-c2ccc(-c3ccccc3)cc2)n1.Cc1nc(-c2ccccc2)nc(-c2ccc(-c3ccccc3)cc2)n1. The van der Waals surface area contributed by atoms with Crippen molar-refractivity contribution in [2.75, 3.05) is 0 Å². The summed E-state index contributed by atoms with van der Waals surface area (Å²) < 4.78 is 0. The summed E-state index contributed by atoms with van der Waals surface area (Å²) >= 11 is 0. The highest BCUT2D eigenvalue weighted by molar-refractivity contribution is 5.74. The maximum Gasteiger partial charge on any atom is 0.163 e. The summed E-state index contributed by atoms with van der Waals surface area (Å²) in [7, 11) is 0. The molecule has 0 amide bonds. The Morgan fingerprint density at radius 2 is 0.453 bits per heavy atom. The van der Waals surface area contributed by atoms with E-state index in [1.54, 1.807) is 0 Å². The Labute approximate surface area is 439 Å². The Kier molecular flexibility index (Phi) is 15.3. The van der Waals surface area contributed by atoms with Crippen LogP contribution in [0.3, 0.4) is 0 Å². The summed E-state index contributed by atoms with van der Waals surface area (Å²) in [6, 6.07) is 90.7. The molecule has 0 N–H and O–H groups in total. The molecule has 12 rings (SSSR count). The van der Waals surface area contributed by atoms with Gasteiger partial charge in [0.25, 0.3) is 0 Å². The van der Waals surface area contributed by atoms with Crippen LogP contribution in [-0.2, 0) is 0 Å². The van der Waals surface area contributed by atoms with Crippen LogP contribution >= 0.6 is 0 Å². The lowest BCUT2D eigenvalue weighted by atomic mass is 10.0. The molecule has 0 saturated heterocycles. The lowest BCUT2D eigenvalue weighted by Gasteiger charge is -2.08. The number of nitrogens with zero attached hydrogens (tertiary/aromatic N) is 7. The molecule has 0 bridgehead atoms. The summed E-state index contributed by atoms with van der Waals surface area (Å²) in [4.78, 5) is 32.4. The Bertz CT molecular complexity index is 3580. The Morgan fingerprint density at radius 3 is 0.853 bits per heavy atom. The molecular formula is C68H53N7. The fourth-order valence-electron chi connectivity index (χ4n) is 8.59. The number of rotatable bonds is 9. The minimum Gasteiger partial charge on any atom is -0.233 e. The van der Waals surface area contributed by atoms with Gasteiger partial charge < -0.3 is 0 Å². The van der Waals surface area contributed by atoms with Gasteiger partial charge >= 0.3 is 0 Å². The van der Waals surface area contributed by atoms with Crippen molar-refractivity contribution >= 4 is 0 Å². The Hall–Kier alpha value is -9.85. The first-order valence-electron chi connectivity index (χ1n) is 25.0. The van der Waals surface area contributed by atoms with E-state index in [1.807, 2.05) is 142 Å². The van der Waals surface area contributed by atoms with E-state index >= 15 is 0 Å². The van der Waals surface area contributed by atoms with Crippen molar-refractivity contribution in [1.29, 1.82) is 0 Å². The molecule has 0 saturated carbocycles. The predicted octanol–water partition coefficient (Wildman–Crippen LogP) is 16.8. The molecule has 0 aliphatic rings. The van der Waals surface area contributed by atoms with Crippen LogP contribution in [0.5, 0.6) is 0 Å². The van der Waals surface area contributed by atoms with Crippen LogP contribution in [-0.4, -0.2) is 34.9 Å².